The van der Waals surface area contributed by atoms with Crippen LogP contribution in [0.4, 0.5) is 0 Å². The zero-order valence-electron chi connectivity index (χ0n) is 15.0. The first-order chi connectivity index (χ1) is 12.1. The van der Waals surface area contributed by atoms with E-state index in [1.165, 1.54) is 12.4 Å². The Hall–Kier alpha value is -1.17. The van der Waals surface area contributed by atoms with Crippen LogP contribution in [-0.4, -0.2) is 66.4 Å². The molecule has 1 aromatic rings. The van der Waals surface area contributed by atoms with Crippen molar-refractivity contribution in [2.24, 2.45) is 0 Å². The molecule has 5 atom stereocenters. The molecule has 0 radical (unpaired) electrons. The lowest BCUT2D eigenvalue weighted by molar-refractivity contribution is -0.198. The van der Waals surface area contributed by atoms with E-state index in [4.69, 9.17) is 23.7 Å². The number of rotatable bonds is 3. The van der Waals surface area contributed by atoms with Crippen LogP contribution in [-0.2, 0) is 33.5 Å². The van der Waals surface area contributed by atoms with Crippen LogP contribution in [0.3, 0.4) is 0 Å². The van der Waals surface area contributed by atoms with Crippen molar-refractivity contribution in [2.75, 3.05) is 6.61 Å². The predicted octanol–water partition coefficient (Wildman–Crippen LogP) is 0.647. The van der Waals surface area contributed by atoms with Crippen molar-refractivity contribution in [3.63, 3.8) is 0 Å². The maximum absolute atomic E-state index is 13.0. The van der Waals surface area contributed by atoms with Gasteiger partial charge in [-0.25, -0.2) is 18.4 Å². The van der Waals surface area contributed by atoms with Crippen molar-refractivity contribution >= 4 is 9.84 Å². The minimum absolute atomic E-state index is 0.277. The Kier molecular flexibility index (Phi) is 4.14. The first kappa shape index (κ1) is 18.2. The van der Waals surface area contributed by atoms with Gasteiger partial charge in [0.15, 0.2) is 17.0 Å². The number of hydrogen-bond donors (Lipinski definition) is 0. The van der Waals surface area contributed by atoms with Gasteiger partial charge >= 0.3 is 0 Å². The first-order valence-electron chi connectivity index (χ1n) is 8.43. The van der Waals surface area contributed by atoms with Gasteiger partial charge in [-0.1, -0.05) is 0 Å². The Morgan fingerprint density at radius 1 is 0.962 bits per heavy atom. The maximum atomic E-state index is 13.0. The van der Waals surface area contributed by atoms with E-state index in [1.807, 2.05) is 0 Å². The van der Waals surface area contributed by atoms with Gasteiger partial charge in [0.05, 0.1) is 6.61 Å². The van der Waals surface area contributed by atoms with E-state index in [0.29, 0.717) is 0 Å². The van der Waals surface area contributed by atoms with Gasteiger partial charge in [-0.2, -0.15) is 0 Å². The number of fused-ring (bicyclic) bond motifs is 1. The molecule has 0 bridgehead atoms. The van der Waals surface area contributed by atoms with E-state index < -0.39 is 51.3 Å². The molecule has 144 valence electrons. The largest absolute Gasteiger partial charge is 0.350 e. The van der Waals surface area contributed by atoms with Crippen molar-refractivity contribution in [1.82, 2.24) is 9.97 Å². The van der Waals surface area contributed by atoms with Crippen LogP contribution >= 0.6 is 0 Å². The minimum Gasteiger partial charge on any atom is -0.350 e. The lowest BCUT2D eigenvalue weighted by Crippen LogP contribution is -2.40. The highest BCUT2D eigenvalue weighted by Crippen LogP contribution is 2.44. The molecule has 10 heteroatoms. The van der Waals surface area contributed by atoms with Gasteiger partial charge in [-0.05, 0) is 33.8 Å². The summed E-state index contributed by atoms with van der Waals surface area (Å²) in [7, 11) is -3.98. The Balaban J connectivity index is 1.66. The summed E-state index contributed by atoms with van der Waals surface area (Å²) in [6.07, 6.45) is 0.220. The molecule has 3 aliphatic rings. The van der Waals surface area contributed by atoms with Crippen LogP contribution in [0.1, 0.15) is 27.7 Å². The van der Waals surface area contributed by atoms with Gasteiger partial charge in [0.25, 0.3) is 0 Å². The summed E-state index contributed by atoms with van der Waals surface area (Å²) < 4.78 is 55.2. The molecule has 0 aliphatic carbocycles. The zero-order valence-corrected chi connectivity index (χ0v) is 15.8. The number of aromatic nitrogens is 2. The summed E-state index contributed by atoms with van der Waals surface area (Å²) in [5.41, 5.74) is -1.28. The molecule has 3 saturated heterocycles. The molecule has 3 fully saturated rings. The molecular weight excluding hydrogens is 364 g/mol. The fourth-order valence-electron chi connectivity index (χ4n) is 3.55. The molecule has 0 saturated carbocycles. The normalized spacial score (nSPS) is 38.4. The Labute approximate surface area is 151 Å². The third kappa shape index (κ3) is 3.04. The lowest BCUT2D eigenvalue weighted by atomic mass is 10.1. The van der Waals surface area contributed by atoms with Crippen molar-refractivity contribution < 1.29 is 32.1 Å². The predicted molar refractivity (Wildman–Crippen MR) is 86.6 cm³/mol. The van der Waals surface area contributed by atoms with E-state index in [1.54, 1.807) is 33.8 Å². The van der Waals surface area contributed by atoms with Gasteiger partial charge in [-0.3, -0.25) is 0 Å². The van der Waals surface area contributed by atoms with Crippen LogP contribution < -0.4 is 0 Å². The average Bonchev–Trinajstić information content (AvgIpc) is 3.18. The molecule has 9 nitrogen and oxygen atoms in total. The quantitative estimate of drug-likeness (QED) is 0.692. The lowest BCUT2D eigenvalue weighted by Gasteiger charge is -2.26. The summed E-state index contributed by atoms with van der Waals surface area (Å²) >= 11 is 0. The smallest absolute Gasteiger partial charge is 0.249 e. The Morgan fingerprint density at radius 2 is 1.62 bits per heavy atom. The summed E-state index contributed by atoms with van der Waals surface area (Å²) in [5.74, 6) is -1.70. The number of sulfone groups is 1. The first-order valence-corrected chi connectivity index (χ1v) is 9.98. The van der Waals surface area contributed by atoms with E-state index >= 15 is 0 Å². The molecule has 1 aromatic heterocycles. The summed E-state index contributed by atoms with van der Waals surface area (Å²) in [5, 5.41) is -0.304. The van der Waals surface area contributed by atoms with Crippen molar-refractivity contribution in [2.45, 2.75) is 74.3 Å². The topological polar surface area (TPSA) is 106 Å². The van der Waals surface area contributed by atoms with Crippen LogP contribution in [0.15, 0.2) is 23.6 Å². The summed E-state index contributed by atoms with van der Waals surface area (Å²) in [6, 6.07) is 1.55. The Morgan fingerprint density at radius 3 is 2.23 bits per heavy atom. The zero-order chi connectivity index (χ0) is 18.7. The van der Waals surface area contributed by atoms with Gasteiger partial charge in [0.1, 0.15) is 24.4 Å². The molecular formula is C16H22N2O7S. The number of hydrogen-bond acceptors (Lipinski definition) is 9. The second-order valence-electron chi connectivity index (χ2n) is 7.48. The second-order valence-corrected chi connectivity index (χ2v) is 9.40. The van der Waals surface area contributed by atoms with Gasteiger partial charge in [-0.15, -0.1) is 0 Å². The van der Waals surface area contributed by atoms with Crippen LogP contribution in [0.25, 0.3) is 0 Å². The highest BCUT2D eigenvalue weighted by Gasteiger charge is 2.62. The molecule has 26 heavy (non-hydrogen) atoms. The molecule has 4 heterocycles. The Bertz CT molecular complexity index is 783. The third-order valence-corrected chi connectivity index (χ3v) is 6.26. The van der Waals surface area contributed by atoms with Crippen molar-refractivity contribution in [1.29, 1.82) is 0 Å². The maximum Gasteiger partial charge on any atom is 0.249 e. The molecule has 4 rings (SSSR count). The fraction of sp³-hybridized carbons (Fsp3) is 0.750. The number of nitrogens with zero attached hydrogens (tertiary/aromatic N) is 2. The monoisotopic (exact) mass is 386 g/mol. The third-order valence-electron chi connectivity index (χ3n) is 4.55. The van der Waals surface area contributed by atoms with E-state index in [0.717, 1.165) is 0 Å². The van der Waals surface area contributed by atoms with Crippen molar-refractivity contribution in [3.8, 4) is 0 Å². The molecule has 0 spiro atoms. The van der Waals surface area contributed by atoms with Gasteiger partial charge in [0.2, 0.25) is 15.0 Å². The molecule has 0 aromatic carbocycles. The molecule has 3 aliphatic heterocycles. The van der Waals surface area contributed by atoms with Crippen LogP contribution in [0, 0.1) is 0 Å². The standard InChI is InChI=1S/C16H22N2O7S/c1-15(2)21-8-9(23-15)10-11-12(25-16(3,4)24-11)13(22-10)26(19,20)14-17-6-5-7-18-14/h5-7,9-13H,8H2,1-4H3/t9-,10-,11+,12+,13?/m1/s1. The fourth-order valence-corrected chi connectivity index (χ4v) is 5.02. The van der Waals surface area contributed by atoms with E-state index in [-0.39, 0.29) is 11.8 Å². The molecule has 0 amide bonds. The summed E-state index contributed by atoms with van der Waals surface area (Å²) in [6.45, 7) is 7.34. The van der Waals surface area contributed by atoms with Gasteiger partial charge in [0, 0.05) is 12.4 Å². The van der Waals surface area contributed by atoms with E-state index in [9.17, 15) is 8.42 Å². The SMILES string of the molecule is CC1(C)O[C@H]2[C@@H]([C@H]3COC(C)(C)O3)OC(S(=O)(=O)c3ncccn3)[C@H]2O1. The molecule has 0 N–H and O–H groups in total. The molecule has 1 unspecified atom stereocenters. The van der Waals surface area contributed by atoms with Crippen molar-refractivity contribution in [3.05, 3.63) is 18.5 Å². The average molecular weight is 386 g/mol. The highest BCUT2D eigenvalue weighted by molar-refractivity contribution is 7.91. The summed E-state index contributed by atoms with van der Waals surface area (Å²) in [4.78, 5) is 7.72. The van der Waals surface area contributed by atoms with Crippen LogP contribution in [0.5, 0.6) is 0 Å². The highest BCUT2D eigenvalue weighted by atomic mass is 32.2. The second kappa shape index (κ2) is 5.91. The number of ether oxygens (including phenoxy) is 5. The van der Waals surface area contributed by atoms with Crippen LogP contribution in [0.2, 0.25) is 0 Å². The minimum atomic E-state index is -3.98. The van der Waals surface area contributed by atoms with E-state index in [2.05, 4.69) is 9.97 Å². The van der Waals surface area contributed by atoms with Gasteiger partial charge < -0.3 is 23.7 Å².